The molecule has 19 heavy (non-hydrogen) atoms. The van der Waals surface area contributed by atoms with Crippen molar-refractivity contribution in [3.05, 3.63) is 28.8 Å². The predicted molar refractivity (Wildman–Crippen MR) is 77.3 cm³/mol. The highest BCUT2D eigenvalue weighted by Gasteiger charge is 2.23. The van der Waals surface area contributed by atoms with Gasteiger partial charge in [0.1, 0.15) is 10.7 Å². The standard InChI is InChI=1S/C14H19N3OS/c1-2-12(17-7-5-15-6-8-17)14-16-11(10-19-14)13-4-3-9-18-13/h3-4,9-10,12,15H,2,5-8H2,1H3. The van der Waals surface area contributed by atoms with Gasteiger partial charge < -0.3 is 9.73 Å². The van der Waals surface area contributed by atoms with Crippen LogP contribution in [0.1, 0.15) is 24.4 Å². The summed E-state index contributed by atoms with van der Waals surface area (Å²) < 4.78 is 5.41. The third kappa shape index (κ3) is 2.73. The van der Waals surface area contributed by atoms with Crippen LogP contribution in [0.25, 0.3) is 11.5 Å². The van der Waals surface area contributed by atoms with E-state index in [1.54, 1.807) is 17.6 Å². The molecule has 3 heterocycles. The summed E-state index contributed by atoms with van der Waals surface area (Å²) in [6, 6.07) is 4.31. The van der Waals surface area contributed by atoms with Gasteiger partial charge in [-0.05, 0) is 18.6 Å². The molecule has 1 fully saturated rings. The summed E-state index contributed by atoms with van der Waals surface area (Å²) in [6.07, 6.45) is 2.80. The summed E-state index contributed by atoms with van der Waals surface area (Å²) in [7, 11) is 0. The van der Waals surface area contributed by atoms with Crippen LogP contribution in [-0.4, -0.2) is 36.1 Å². The van der Waals surface area contributed by atoms with Crippen LogP contribution >= 0.6 is 11.3 Å². The predicted octanol–water partition coefficient (Wildman–Crippen LogP) is 2.76. The van der Waals surface area contributed by atoms with Gasteiger partial charge in [-0.25, -0.2) is 4.98 Å². The average Bonchev–Trinajstić information content (AvgIpc) is 3.11. The van der Waals surface area contributed by atoms with Crippen molar-refractivity contribution in [3.63, 3.8) is 0 Å². The minimum absolute atomic E-state index is 0.441. The Morgan fingerprint density at radius 1 is 1.47 bits per heavy atom. The van der Waals surface area contributed by atoms with Crippen LogP contribution in [0, 0.1) is 0 Å². The molecule has 1 unspecified atom stereocenters. The van der Waals surface area contributed by atoms with Crippen molar-refractivity contribution in [3.8, 4) is 11.5 Å². The van der Waals surface area contributed by atoms with E-state index in [0.717, 1.165) is 44.1 Å². The molecule has 0 bridgehead atoms. The zero-order valence-corrected chi connectivity index (χ0v) is 11.9. The van der Waals surface area contributed by atoms with Crippen molar-refractivity contribution in [2.75, 3.05) is 26.2 Å². The van der Waals surface area contributed by atoms with Crippen LogP contribution in [0.2, 0.25) is 0 Å². The lowest BCUT2D eigenvalue weighted by Crippen LogP contribution is -2.45. The van der Waals surface area contributed by atoms with Crippen molar-refractivity contribution < 1.29 is 4.42 Å². The maximum atomic E-state index is 5.41. The monoisotopic (exact) mass is 277 g/mol. The first-order valence-corrected chi connectivity index (χ1v) is 7.70. The molecule has 5 heteroatoms. The molecule has 1 aliphatic rings. The zero-order chi connectivity index (χ0) is 13.1. The molecule has 1 atom stereocenters. The molecule has 0 spiro atoms. The number of thiazole rings is 1. The second-order valence-corrected chi connectivity index (χ2v) is 5.65. The number of piperazine rings is 1. The van der Waals surface area contributed by atoms with E-state index in [2.05, 4.69) is 22.5 Å². The van der Waals surface area contributed by atoms with E-state index in [1.807, 2.05) is 12.1 Å². The number of furan rings is 1. The molecule has 1 N–H and O–H groups in total. The summed E-state index contributed by atoms with van der Waals surface area (Å²) in [4.78, 5) is 7.29. The van der Waals surface area contributed by atoms with E-state index >= 15 is 0 Å². The first kappa shape index (κ1) is 12.8. The smallest absolute Gasteiger partial charge is 0.153 e. The fourth-order valence-electron chi connectivity index (χ4n) is 2.56. The number of nitrogens with zero attached hydrogens (tertiary/aromatic N) is 2. The van der Waals surface area contributed by atoms with Crippen LogP contribution in [-0.2, 0) is 0 Å². The van der Waals surface area contributed by atoms with Gasteiger partial charge in [-0.1, -0.05) is 6.92 Å². The third-order valence-electron chi connectivity index (χ3n) is 3.56. The minimum atomic E-state index is 0.441. The lowest BCUT2D eigenvalue weighted by Gasteiger charge is -2.33. The first-order valence-electron chi connectivity index (χ1n) is 6.82. The maximum Gasteiger partial charge on any atom is 0.153 e. The van der Waals surface area contributed by atoms with E-state index in [1.165, 1.54) is 5.01 Å². The SMILES string of the molecule is CCC(c1nc(-c2ccco2)cs1)N1CCNCC1. The Bertz CT molecular complexity index is 503. The highest BCUT2D eigenvalue weighted by molar-refractivity contribution is 7.10. The Morgan fingerprint density at radius 2 is 2.32 bits per heavy atom. The lowest BCUT2D eigenvalue weighted by atomic mass is 10.2. The van der Waals surface area contributed by atoms with E-state index in [9.17, 15) is 0 Å². The maximum absolute atomic E-state index is 5.41. The summed E-state index contributed by atoms with van der Waals surface area (Å²) in [5.74, 6) is 0.859. The highest BCUT2D eigenvalue weighted by atomic mass is 32.1. The molecule has 0 aliphatic carbocycles. The van der Waals surface area contributed by atoms with E-state index < -0.39 is 0 Å². The zero-order valence-electron chi connectivity index (χ0n) is 11.1. The molecule has 1 saturated heterocycles. The fraction of sp³-hybridized carbons (Fsp3) is 0.500. The third-order valence-corrected chi connectivity index (χ3v) is 4.51. The number of nitrogens with one attached hydrogen (secondary N) is 1. The molecule has 3 rings (SSSR count). The molecule has 0 aromatic carbocycles. The van der Waals surface area contributed by atoms with Gasteiger partial charge in [-0.2, -0.15) is 0 Å². The van der Waals surface area contributed by atoms with Crippen molar-refractivity contribution in [2.24, 2.45) is 0 Å². The van der Waals surface area contributed by atoms with E-state index in [4.69, 9.17) is 9.40 Å². The molecule has 2 aromatic rings. The normalized spacial score (nSPS) is 18.6. The molecule has 4 nitrogen and oxygen atoms in total. The quantitative estimate of drug-likeness (QED) is 0.933. The number of aromatic nitrogens is 1. The summed E-state index contributed by atoms with van der Waals surface area (Å²) in [6.45, 7) is 6.60. The molecule has 2 aromatic heterocycles. The van der Waals surface area contributed by atoms with Crippen molar-refractivity contribution in [2.45, 2.75) is 19.4 Å². The highest BCUT2D eigenvalue weighted by Crippen LogP contribution is 2.30. The largest absolute Gasteiger partial charge is 0.463 e. The second kappa shape index (κ2) is 5.86. The van der Waals surface area contributed by atoms with Gasteiger partial charge in [-0.15, -0.1) is 11.3 Å². The van der Waals surface area contributed by atoms with Gasteiger partial charge in [0.05, 0.1) is 12.3 Å². The van der Waals surface area contributed by atoms with Crippen LogP contribution in [0.3, 0.4) is 0 Å². The Balaban J connectivity index is 1.79. The van der Waals surface area contributed by atoms with Crippen molar-refractivity contribution in [1.82, 2.24) is 15.2 Å². The molecule has 102 valence electrons. The van der Waals surface area contributed by atoms with Gasteiger partial charge in [0.15, 0.2) is 5.76 Å². The number of rotatable bonds is 4. The Morgan fingerprint density at radius 3 is 3.00 bits per heavy atom. The molecule has 0 radical (unpaired) electrons. The van der Waals surface area contributed by atoms with Crippen molar-refractivity contribution in [1.29, 1.82) is 0 Å². The number of hydrogen-bond acceptors (Lipinski definition) is 5. The Labute approximate surface area is 117 Å². The van der Waals surface area contributed by atoms with Gasteiger partial charge in [0.2, 0.25) is 0 Å². The van der Waals surface area contributed by atoms with Gasteiger partial charge in [-0.3, -0.25) is 4.90 Å². The summed E-state index contributed by atoms with van der Waals surface area (Å²) >= 11 is 1.74. The van der Waals surface area contributed by atoms with Gasteiger partial charge >= 0.3 is 0 Å². The lowest BCUT2D eigenvalue weighted by molar-refractivity contribution is 0.169. The Kier molecular flexibility index (Phi) is 3.96. The molecule has 1 aliphatic heterocycles. The van der Waals surface area contributed by atoms with Crippen LogP contribution in [0.5, 0.6) is 0 Å². The second-order valence-electron chi connectivity index (χ2n) is 4.76. The molecule has 0 amide bonds. The van der Waals surface area contributed by atoms with Gasteiger partial charge in [0, 0.05) is 31.6 Å². The number of hydrogen-bond donors (Lipinski definition) is 1. The topological polar surface area (TPSA) is 41.3 Å². The van der Waals surface area contributed by atoms with E-state index in [-0.39, 0.29) is 0 Å². The van der Waals surface area contributed by atoms with Crippen LogP contribution in [0.4, 0.5) is 0 Å². The average molecular weight is 277 g/mol. The fourth-order valence-corrected chi connectivity index (χ4v) is 3.59. The first-order chi connectivity index (χ1) is 9.38. The summed E-state index contributed by atoms with van der Waals surface area (Å²) in [5, 5.41) is 6.70. The van der Waals surface area contributed by atoms with Gasteiger partial charge in [0.25, 0.3) is 0 Å². The van der Waals surface area contributed by atoms with Crippen LogP contribution < -0.4 is 5.32 Å². The molecule has 0 saturated carbocycles. The van der Waals surface area contributed by atoms with Crippen molar-refractivity contribution >= 4 is 11.3 Å². The molecular formula is C14H19N3OS. The molecular weight excluding hydrogens is 258 g/mol. The van der Waals surface area contributed by atoms with E-state index in [0.29, 0.717) is 6.04 Å². The summed E-state index contributed by atoms with van der Waals surface area (Å²) in [5.41, 5.74) is 0.957. The minimum Gasteiger partial charge on any atom is -0.463 e. The van der Waals surface area contributed by atoms with Crippen LogP contribution in [0.15, 0.2) is 28.2 Å². The Hall–Kier alpha value is -1.17.